The molecule has 3 amide bonds. The van der Waals surface area contributed by atoms with Crippen LogP contribution in [0.2, 0.25) is 5.02 Å². The normalized spacial score (nSPS) is 14.8. The number of thioether (sulfide) groups is 1. The number of para-hydroxylation sites is 1. The second-order valence-electron chi connectivity index (χ2n) is 7.62. The summed E-state index contributed by atoms with van der Waals surface area (Å²) in [5, 5.41) is 2.77. The van der Waals surface area contributed by atoms with E-state index < -0.39 is 17.1 Å². The van der Waals surface area contributed by atoms with E-state index in [-0.39, 0.29) is 29.1 Å². The Kier molecular flexibility index (Phi) is 6.76. The number of hydrogen-bond donors (Lipinski definition) is 1. The minimum Gasteiger partial charge on any atom is -0.320 e. The monoisotopic (exact) mass is 496 g/mol. The Balaban J connectivity index is 1.44. The Morgan fingerprint density at radius 2 is 1.74 bits per heavy atom. The zero-order chi connectivity index (χ0) is 24.4. The van der Waals surface area contributed by atoms with Gasteiger partial charge in [0.05, 0.1) is 16.3 Å². The highest BCUT2D eigenvalue weighted by Gasteiger charge is 2.35. The summed E-state index contributed by atoms with van der Waals surface area (Å²) in [6.07, 6.45) is 1.48. The molecule has 0 atom stereocenters. The molecule has 34 heavy (non-hydrogen) atoms. The van der Waals surface area contributed by atoms with Crippen molar-refractivity contribution in [2.45, 2.75) is 13.3 Å². The molecular weight excluding hydrogens is 476 g/mol. The summed E-state index contributed by atoms with van der Waals surface area (Å²) in [5.74, 6) is -0.924. The smallest absolute Gasteiger partial charge is 0.295 e. The van der Waals surface area contributed by atoms with E-state index in [4.69, 9.17) is 11.6 Å². The van der Waals surface area contributed by atoms with Gasteiger partial charge in [-0.2, -0.15) is 0 Å². The van der Waals surface area contributed by atoms with E-state index in [1.165, 1.54) is 4.68 Å². The van der Waals surface area contributed by atoms with Crippen molar-refractivity contribution in [2.24, 2.45) is 7.05 Å². The van der Waals surface area contributed by atoms with Crippen molar-refractivity contribution in [3.63, 3.8) is 0 Å². The summed E-state index contributed by atoms with van der Waals surface area (Å²) in [4.78, 5) is 51.9. The molecule has 2 heterocycles. The predicted molar refractivity (Wildman–Crippen MR) is 133 cm³/mol. The summed E-state index contributed by atoms with van der Waals surface area (Å²) in [5.41, 5.74) is 1.79. The molecule has 1 aliphatic heterocycles. The number of carbonyl (C=O) groups is 3. The van der Waals surface area contributed by atoms with Crippen molar-refractivity contribution in [1.82, 2.24) is 14.3 Å². The second kappa shape index (κ2) is 9.74. The van der Waals surface area contributed by atoms with Gasteiger partial charge in [0.2, 0.25) is 5.91 Å². The van der Waals surface area contributed by atoms with Crippen LogP contribution in [0.3, 0.4) is 0 Å². The minimum absolute atomic E-state index is 0.0901. The van der Waals surface area contributed by atoms with Gasteiger partial charge in [-0.3, -0.25) is 28.8 Å². The highest BCUT2D eigenvalue weighted by atomic mass is 35.5. The Bertz CT molecular complexity index is 1360. The van der Waals surface area contributed by atoms with Crippen molar-refractivity contribution in [1.29, 1.82) is 0 Å². The van der Waals surface area contributed by atoms with Gasteiger partial charge in [-0.1, -0.05) is 41.9 Å². The number of hydrogen-bond acceptors (Lipinski definition) is 5. The Morgan fingerprint density at radius 1 is 1.06 bits per heavy atom. The lowest BCUT2D eigenvalue weighted by Crippen LogP contribution is -2.32. The standard InChI is InChI=1S/C24H21ClN4O4S/c1-15-21(23(32)29(27(15)2)18-6-4-3-5-7-18)26-20(30)12-13-28-22(31)19(34-24(28)33)14-16-8-10-17(25)11-9-16/h3-11,14H,12-13H2,1-2H3,(H,26,30)/b19-14+. The van der Waals surface area contributed by atoms with E-state index in [0.29, 0.717) is 16.4 Å². The lowest BCUT2D eigenvalue weighted by atomic mass is 10.2. The highest BCUT2D eigenvalue weighted by Crippen LogP contribution is 2.32. The Hall–Kier alpha value is -3.56. The lowest BCUT2D eigenvalue weighted by Gasteiger charge is -2.12. The molecule has 0 radical (unpaired) electrons. The van der Waals surface area contributed by atoms with Crippen molar-refractivity contribution >= 4 is 52.2 Å². The third kappa shape index (κ3) is 4.71. The molecule has 1 N–H and O–H groups in total. The molecule has 0 unspecified atom stereocenters. The fourth-order valence-corrected chi connectivity index (χ4v) is 4.52. The Labute approximate surface area is 204 Å². The van der Waals surface area contributed by atoms with Crippen LogP contribution in [-0.4, -0.2) is 37.9 Å². The zero-order valence-electron chi connectivity index (χ0n) is 18.4. The van der Waals surface area contributed by atoms with Crippen LogP contribution in [0.25, 0.3) is 11.8 Å². The van der Waals surface area contributed by atoms with Crippen LogP contribution in [0.1, 0.15) is 17.7 Å². The molecule has 0 saturated carbocycles. The summed E-state index contributed by atoms with van der Waals surface area (Å²) in [6, 6.07) is 16.0. The third-order valence-corrected chi connectivity index (χ3v) is 6.58. The maximum atomic E-state index is 12.9. The number of rotatable bonds is 6. The molecule has 1 fully saturated rings. The van der Waals surface area contributed by atoms with E-state index in [0.717, 1.165) is 22.2 Å². The number of halogens is 1. The van der Waals surface area contributed by atoms with E-state index in [1.807, 2.05) is 18.2 Å². The first-order valence-electron chi connectivity index (χ1n) is 10.4. The van der Waals surface area contributed by atoms with Crippen LogP contribution in [0, 0.1) is 6.92 Å². The minimum atomic E-state index is -0.466. The Morgan fingerprint density at radius 3 is 2.41 bits per heavy atom. The molecule has 1 aromatic heterocycles. The molecule has 8 nitrogen and oxygen atoms in total. The van der Waals surface area contributed by atoms with E-state index in [9.17, 15) is 19.2 Å². The molecule has 10 heteroatoms. The van der Waals surface area contributed by atoms with Crippen LogP contribution in [0.5, 0.6) is 0 Å². The number of aromatic nitrogens is 2. The molecule has 0 spiro atoms. The van der Waals surface area contributed by atoms with Gasteiger partial charge < -0.3 is 5.32 Å². The first kappa shape index (κ1) is 23.6. The molecular formula is C24H21ClN4O4S. The number of nitrogens with one attached hydrogen (secondary N) is 1. The fourth-order valence-electron chi connectivity index (χ4n) is 3.53. The molecule has 3 aromatic rings. The topological polar surface area (TPSA) is 93.4 Å². The van der Waals surface area contributed by atoms with Crippen molar-refractivity contribution in [3.8, 4) is 5.69 Å². The SMILES string of the molecule is Cc1c(NC(=O)CCN2C(=O)S/C(=C/c3ccc(Cl)cc3)C2=O)c(=O)n(-c2ccccc2)n1C. The van der Waals surface area contributed by atoms with E-state index in [2.05, 4.69) is 5.32 Å². The van der Waals surface area contributed by atoms with Gasteiger partial charge in [-0.15, -0.1) is 0 Å². The van der Waals surface area contributed by atoms with Crippen molar-refractivity contribution < 1.29 is 14.4 Å². The molecule has 4 rings (SSSR count). The largest absolute Gasteiger partial charge is 0.320 e. The average molecular weight is 497 g/mol. The first-order valence-corrected chi connectivity index (χ1v) is 11.6. The number of anilines is 1. The van der Waals surface area contributed by atoms with E-state index >= 15 is 0 Å². The lowest BCUT2D eigenvalue weighted by molar-refractivity contribution is -0.123. The molecule has 0 aliphatic carbocycles. The number of amides is 3. The molecule has 1 aliphatic rings. The van der Waals surface area contributed by atoms with Crippen molar-refractivity contribution in [2.75, 3.05) is 11.9 Å². The summed E-state index contributed by atoms with van der Waals surface area (Å²) >= 11 is 6.70. The van der Waals surface area contributed by atoms with Gasteiger partial charge in [-0.05, 0) is 54.6 Å². The predicted octanol–water partition coefficient (Wildman–Crippen LogP) is 4.20. The van der Waals surface area contributed by atoms with Crippen LogP contribution >= 0.6 is 23.4 Å². The number of nitrogens with zero attached hydrogens (tertiary/aromatic N) is 3. The zero-order valence-corrected chi connectivity index (χ0v) is 20.0. The van der Waals surface area contributed by atoms with Gasteiger partial charge in [0.15, 0.2) is 0 Å². The third-order valence-electron chi connectivity index (χ3n) is 5.42. The number of imide groups is 1. The maximum Gasteiger partial charge on any atom is 0.295 e. The van der Waals surface area contributed by atoms with E-state index in [1.54, 1.807) is 61.1 Å². The molecule has 174 valence electrons. The van der Waals surface area contributed by atoms with Crippen LogP contribution in [-0.2, 0) is 16.6 Å². The van der Waals surface area contributed by atoms with Gasteiger partial charge in [0.1, 0.15) is 5.69 Å². The van der Waals surface area contributed by atoms with Crippen molar-refractivity contribution in [3.05, 3.63) is 86.1 Å². The van der Waals surface area contributed by atoms with Crippen LogP contribution < -0.4 is 10.9 Å². The molecule has 0 bridgehead atoms. The van der Waals surface area contributed by atoms with Crippen LogP contribution in [0.15, 0.2) is 64.3 Å². The highest BCUT2D eigenvalue weighted by molar-refractivity contribution is 8.18. The van der Waals surface area contributed by atoms with Gasteiger partial charge in [-0.25, -0.2) is 4.68 Å². The van der Waals surface area contributed by atoms with Crippen LogP contribution in [0.4, 0.5) is 10.5 Å². The summed E-state index contributed by atoms with van der Waals surface area (Å²) < 4.78 is 3.12. The molecule has 2 aromatic carbocycles. The fraction of sp³-hybridized carbons (Fsp3) is 0.167. The maximum absolute atomic E-state index is 12.9. The second-order valence-corrected chi connectivity index (χ2v) is 9.05. The number of benzene rings is 2. The molecule has 1 saturated heterocycles. The summed E-state index contributed by atoms with van der Waals surface area (Å²) in [7, 11) is 1.73. The average Bonchev–Trinajstić information content (AvgIpc) is 3.20. The van der Waals surface area contributed by atoms with Gasteiger partial charge in [0.25, 0.3) is 16.7 Å². The summed E-state index contributed by atoms with van der Waals surface area (Å²) in [6.45, 7) is 1.64. The first-order chi connectivity index (χ1) is 16.3. The number of carbonyl (C=O) groups excluding carboxylic acids is 3. The van der Waals surface area contributed by atoms with Gasteiger partial charge >= 0.3 is 0 Å². The van der Waals surface area contributed by atoms with Gasteiger partial charge in [0, 0.05) is 25.0 Å². The quantitative estimate of drug-likeness (QED) is 0.516.